The topological polar surface area (TPSA) is 89.6 Å². The van der Waals surface area contributed by atoms with Crippen LogP contribution in [0.3, 0.4) is 0 Å². The van der Waals surface area contributed by atoms with E-state index in [-0.39, 0.29) is 12.8 Å². The van der Waals surface area contributed by atoms with E-state index in [0.717, 1.165) is 0 Å². The Morgan fingerprint density at radius 1 is 1.41 bits per heavy atom. The van der Waals surface area contributed by atoms with Gasteiger partial charge in [-0.15, -0.1) is 0 Å². The standard InChI is InChI=1S/C12H15NO4/c1-2-10(12(15)16)17-11(14)7-8-5-3-4-6-9(8)13/h3-6,10H,2,7,13H2,1H3,(H,15,16). The third kappa shape index (κ3) is 3.79. The Kier molecular flexibility index (Phi) is 4.51. The number of ether oxygens (including phenoxy) is 1. The highest BCUT2D eigenvalue weighted by Gasteiger charge is 2.20. The van der Waals surface area contributed by atoms with Crippen LogP contribution in [-0.2, 0) is 20.7 Å². The first kappa shape index (κ1) is 13.0. The van der Waals surface area contributed by atoms with Gasteiger partial charge in [-0.1, -0.05) is 25.1 Å². The molecule has 1 aromatic rings. The Morgan fingerprint density at radius 3 is 2.59 bits per heavy atom. The van der Waals surface area contributed by atoms with E-state index in [4.69, 9.17) is 15.6 Å². The number of para-hydroxylation sites is 1. The third-order valence-electron chi connectivity index (χ3n) is 2.31. The molecule has 0 spiro atoms. The van der Waals surface area contributed by atoms with Crippen molar-refractivity contribution in [2.24, 2.45) is 0 Å². The zero-order valence-corrected chi connectivity index (χ0v) is 9.55. The Balaban J connectivity index is 2.61. The van der Waals surface area contributed by atoms with Crippen LogP contribution in [0, 0.1) is 0 Å². The van der Waals surface area contributed by atoms with E-state index in [1.165, 1.54) is 0 Å². The number of carboxylic acids is 1. The normalized spacial score (nSPS) is 11.8. The van der Waals surface area contributed by atoms with Gasteiger partial charge in [-0.25, -0.2) is 4.79 Å². The molecule has 5 heteroatoms. The minimum absolute atomic E-state index is 0.0174. The number of nitrogen functional groups attached to an aromatic ring is 1. The first-order valence-electron chi connectivity index (χ1n) is 5.30. The summed E-state index contributed by atoms with van der Waals surface area (Å²) in [6.45, 7) is 1.64. The van der Waals surface area contributed by atoms with Crippen LogP contribution in [0.25, 0.3) is 0 Å². The summed E-state index contributed by atoms with van der Waals surface area (Å²) in [6.07, 6.45) is -0.866. The molecule has 1 aromatic carbocycles. The molecule has 1 rings (SSSR count). The Labute approximate surface area is 99.2 Å². The first-order valence-corrected chi connectivity index (χ1v) is 5.30. The lowest BCUT2D eigenvalue weighted by Gasteiger charge is -2.12. The van der Waals surface area contributed by atoms with E-state index in [0.29, 0.717) is 11.3 Å². The molecule has 0 amide bonds. The number of esters is 1. The molecular weight excluding hydrogens is 222 g/mol. The Morgan fingerprint density at radius 2 is 2.06 bits per heavy atom. The van der Waals surface area contributed by atoms with E-state index in [1.54, 1.807) is 31.2 Å². The molecule has 0 saturated carbocycles. The molecule has 0 bridgehead atoms. The summed E-state index contributed by atoms with van der Waals surface area (Å²) in [7, 11) is 0. The number of rotatable bonds is 5. The fourth-order valence-corrected chi connectivity index (χ4v) is 1.36. The summed E-state index contributed by atoms with van der Waals surface area (Å²) in [6, 6.07) is 6.90. The van der Waals surface area contributed by atoms with Crippen LogP contribution < -0.4 is 5.73 Å². The highest BCUT2D eigenvalue weighted by molar-refractivity contribution is 5.80. The molecule has 1 unspecified atom stereocenters. The number of carboxylic acid groups (broad SMARTS) is 1. The second kappa shape index (κ2) is 5.89. The van der Waals surface area contributed by atoms with Crippen molar-refractivity contribution in [3.63, 3.8) is 0 Å². The molecule has 5 nitrogen and oxygen atoms in total. The lowest BCUT2D eigenvalue weighted by Crippen LogP contribution is -2.27. The Hall–Kier alpha value is -2.04. The van der Waals surface area contributed by atoms with Crippen LogP contribution in [0.2, 0.25) is 0 Å². The second-order valence-electron chi connectivity index (χ2n) is 3.60. The van der Waals surface area contributed by atoms with Crippen molar-refractivity contribution in [1.82, 2.24) is 0 Å². The van der Waals surface area contributed by atoms with Gasteiger partial charge in [0.25, 0.3) is 0 Å². The molecule has 0 aliphatic heterocycles. The van der Waals surface area contributed by atoms with Crippen LogP contribution in [0.15, 0.2) is 24.3 Å². The number of hydrogen-bond donors (Lipinski definition) is 2. The van der Waals surface area contributed by atoms with E-state index >= 15 is 0 Å². The summed E-state index contributed by atoms with van der Waals surface area (Å²) >= 11 is 0. The summed E-state index contributed by atoms with van der Waals surface area (Å²) in [5.41, 5.74) is 6.80. The first-order chi connectivity index (χ1) is 8.04. The van der Waals surface area contributed by atoms with Gasteiger partial charge in [0.1, 0.15) is 0 Å². The van der Waals surface area contributed by atoms with E-state index in [2.05, 4.69) is 0 Å². The quantitative estimate of drug-likeness (QED) is 0.593. The summed E-state index contributed by atoms with van der Waals surface area (Å²) in [5, 5.41) is 8.74. The number of carbonyl (C=O) groups is 2. The minimum atomic E-state index is -1.14. The number of aliphatic carboxylic acids is 1. The van der Waals surface area contributed by atoms with Crippen molar-refractivity contribution in [2.45, 2.75) is 25.9 Å². The van der Waals surface area contributed by atoms with Crippen molar-refractivity contribution in [1.29, 1.82) is 0 Å². The largest absolute Gasteiger partial charge is 0.479 e. The monoisotopic (exact) mass is 237 g/mol. The molecule has 1 atom stereocenters. The van der Waals surface area contributed by atoms with Gasteiger partial charge in [-0.05, 0) is 18.1 Å². The molecule has 0 aromatic heterocycles. The molecule has 92 valence electrons. The maximum Gasteiger partial charge on any atom is 0.345 e. The number of hydrogen-bond acceptors (Lipinski definition) is 4. The van der Waals surface area contributed by atoms with Gasteiger partial charge in [-0.2, -0.15) is 0 Å². The van der Waals surface area contributed by atoms with Gasteiger partial charge < -0.3 is 15.6 Å². The van der Waals surface area contributed by atoms with Gasteiger partial charge in [0.05, 0.1) is 6.42 Å². The average Bonchev–Trinajstić information content (AvgIpc) is 2.28. The maximum absolute atomic E-state index is 11.5. The fraction of sp³-hybridized carbons (Fsp3) is 0.333. The van der Waals surface area contributed by atoms with Crippen LogP contribution in [-0.4, -0.2) is 23.1 Å². The van der Waals surface area contributed by atoms with Crippen molar-refractivity contribution >= 4 is 17.6 Å². The van der Waals surface area contributed by atoms with Crippen molar-refractivity contribution in [3.05, 3.63) is 29.8 Å². The zero-order valence-electron chi connectivity index (χ0n) is 9.55. The molecule has 0 aliphatic rings. The van der Waals surface area contributed by atoms with E-state index in [1.807, 2.05) is 0 Å². The molecule has 17 heavy (non-hydrogen) atoms. The third-order valence-corrected chi connectivity index (χ3v) is 2.31. The summed E-state index contributed by atoms with van der Waals surface area (Å²) < 4.78 is 4.83. The predicted molar refractivity (Wildman–Crippen MR) is 62.4 cm³/mol. The maximum atomic E-state index is 11.5. The smallest absolute Gasteiger partial charge is 0.345 e. The van der Waals surface area contributed by atoms with Crippen molar-refractivity contribution in [2.75, 3.05) is 5.73 Å². The Bertz CT molecular complexity index is 417. The second-order valence-corrected chi connectivity index (χ2v) is 3.60. The van der Waals surface area contributed by atoms with Crippen molar-refractivity contribution < 1.29 is 19.4 Å². The molecule has 0 radical (unpaired) electrons. The summed E-state index contributed by atoms with van der Waals surface area (Å²) in [5.74, 6) is -1.72. The van der Waals surface area contributed by atoms with Gasteiger partial charge in [0, 0.05) is 5.69 Å². The van der Waals surface area contributed by atoms with Crippen LogP contribution in [0.1, 0.15) is 18.9 Å². The SMILES string of the molecule is CCC(OC(=O)Cc1ccccc1N)C(=O)O. The van der Waals surface area contributed by atoms with E-state index < -0.39 is 18.0 Å². The van der Waals surface area contributed by atoms with Crippen LogP contribution >= 0.6 is 0 Å². The van der Waals surface area contributed by atoms with Gasteiger partial charge >= 0.3 is 11.9 Å². The minimum Gasteiger partial charge on any atom is -0.479 e. The molecule has 0 saturated heterocycles. The number of anilines is 1. The molecular formula is C12H15NO4. The highest BCUT2D eigenvalue weighted by Crippen LogP contribution is 2.12. The average molecular weight is 237 g/mol. The van der Waals surface area contributed by atoms with Gasteiger partial charge in [-0.3, -0.25) is 4.79 Å². The number of benzene rings is 1. The lowest BCUT2D eigenvalue weighted by molar-refractivity contribution is -0.163. The number of nitrogens with two attached hydrogens (primary N) is 1. The van der Waals surface area contributed by atoms with Crippen LogP contribution in [0.4, 0.5) is 5.69 Å². The highest BCUT2D eigenvalue weighted by atomic mass is 16.6. The molecule has 0 fully saturated rings. The molecule has 0 aliphatic carbocycles. The van der Waals surface area contributed by atoms with Crippen molar-refractivity contribution in [3.8, 4) is 0 Å². The lowest BCUT2D eigenvalue weighted by atomic mass is 10.1. The predicted octanol–water partition coefficient (Wildman–Crippen LogP) is 1.22. The molecule has 0 heterocycles. The number of carbonyl (C=O) groups excluding carboxylic acids is 1. The zero-order chi connectivity index (χ0) is 12.8. The molecule has 3 N–H and O–H groups in total. The van der Waals surface area contributed by atoms with Gasteiger partial charge in [0.2, 0.25) is 0 Å². The van der Waals surface area contributed by atoms with E-state index in [9.17, 15) is 9.59 Å². The summed E-state index contributed by atoms with van der Waals surface area (Å²) in [4.78, 5) is 22.2. The fourth-order valence-electron chi connectivity index (χ4n) is 1.36. The van der Waals surface area contributed by atoms with Gasteiger partial charge in [0.15, 0.2) is 6.10 Å². The van der Waals surface area contributed by atoms with Crippen LogP contribution in [0.5, 0.6) is 0 Å².